The van der Waals surface area contributed by atoms with Crippen LogP contribution in [0.4, 0.5) is 24.9 Å². The van der Waals surface area contributed by atoms with Crippen molar-refractivity contribution in [3.8, 4) is 0 Å². The average molecular weight is 485 g/mol. The molecule has 0 aliphatic carbocycles. The molecular weight excluding hydrogens is 461 g/mol. The number of rotatable bonds is 5. The first-order chi connectivity index (χ1) is 15.4. The van der Waals surface area contributed by atoms with Crippen LogP contribution in [-0.4, -0.2) is 45.9 Å². The van der Waals surface area contributed by atoms with E-state index in [9.17, 15) is 22.8 Å². The van der Waals surface area contributed by atoms with E-state index in [0.29, 0.717) is 31.6 Å². The number of alkyl halides is 3. The normalized spacial score (nSPS) is 16.6. The van der Waals surface area contributed by atoms with Crippen LogP contribution in [0.1, 0.15) is 48.4 Å². The molecule has 0 spiro atoms. The second kappa shape index (κ2) is 9.90. The van der Waals surface area contributed by atoms with Gasteiger partial charge in [0.15, 0.2) is 0 Å². The summed E-state index contributed by atoms with van der Waals surface area (Å²) in [5, 5.41) is 5.36. The van der Waals surface area contributed by atoms with Crippen molar-refractivity contribution in [3.63, 3.8) is 0 Å². The van der Waals surface area contributed by atoms with Gasteiger partial charge in [-0.2, -0.15) is 13.2 Å². The maximum absolute atomic E-state index is 12.9. The summed E-state index contributed by atoms with van der Waals surface area (Å²) in [5.41, 5.74) is -0.304. The summed E-state index contributed by atoms with van der Waals surface area (Å²) in [7, 11) is 0. The Hall–Kier alpha value is -2.95. The van der Waals surface area contributed by atoms with Gasteiger partial charge in [0, 0.05) is 36.9 Å². The van der Waals surface area contributed by atoms with Crippen molar-refractivity contribution in [2.24, 2.45) is 5.92 Å². The number of hydrogen-bond acceptors (Lipinski definition) is 6. The van der Waals surface area contributed by atoms with Gasteiger partial charge >= 0.3 is 6.18 Å². The third-order valence-electron chi connectivity index (χ3n) is 5.05. The van der Waals surface area contributed by atoms with Gasteiger partial charge in [-0.1, -0.05) is 25.4 Å². The zero-order valence-electron chi connectivity index (χ0n) is 18.3. The maximum Gasteiger partial charge on any atom is 0.417 e. The van der Waals surface area contributed by atoms with Gasteiger partial charge in [0.25, 0.3) is 5.91 Å². The van der Waals surface area contributed by atoms with Crippen molar-refractivity contribution < 1.29 is 22.8 Å². The largest absolute Gasteiger partial charge is 0.417 e. The van der Waals surface area contributed by atoms with Gasteiger partial charge in [-0.05, 0) is 31.9 Å². The molecule has 0 aromatic carbocycles. The Morgan fingerprint density at radius 1 is 1.24 bits per heavy atom. The van der Waals surface area contributed by atoms with Crippen molar-refractivity contribution in [3.05, 3.63) is 40.3 Å². The summed E-state index contributed by atoms with van der Waals surface area (Å²) in [5.74, 6) is -0.704. The highest BCUT2D eigenvalue weighted by Crippen LogP contribution is 2.34. The lowest BCUT2D eigenvalue weighted by Crippen LogP contribution is -2.48. The molecular formula is C21H24ClF3N6O2. The van der Waals surface area contributed by atoms with E-state index >= 15 is 0 Å². The molecule has 1 atom stereocenters. The number of nitrogens with zero attached hydrogens (tertiary/aromatic N) is 4. The maximum atomic E-state index is 12.9. The van der Waals surface area contributed by atoms with Crippen molar-refractivity contribution in [1.29, 1.82) is 0 Å². The van der Waals surface area contributed by atoms with E-state index in [1.165, 1.54) is 6.07 Å². The zero-order chi connectivity index (χ0) is 24.3. The Morgan fingerprint density at radius 3 is 2.61 bits per heavy atom. The fourth-order valence-electron chi connectivity index (χ4n) is 3.36. The van der Waals surface area contributed by atoms with Crippen molar-refractivity contribution in [1.82, 2.24) is 20.3 Å². The lowest BCUT2D eigenvalue weighted by atomic mass is 10.1. The van der Waals surface area contributed by atoms with Gasteiger partial charge in [-0.25, -0.2) is 15.0 Å². The van der Waals surface area contributed by atoms with E-state index in [2.05, 4.69) is 25.6 Å². The highest BCUT2D eigenvalue weighted by atomic mass is 35.5. The molecule has 33 heavy (non-hydrogen) atoms. The quantitative estimate of drug-likeness (QED) is 0.668. The van der Waals surface area contributed by atoms with E-state index < -0.39 is 17.6 Å². The molecule has 0 saturated carbocycles. The number of aromatic nitrogens is 3. The van der Waals surface area contributed by atoms with Gasteiger partial charge in [0.05, 0.1) is 10.6 Å². The number of carbonyl (C=O) groups excluding carboxylic acids is 2. The second-order valence-corrected chi connectivity index (χ2v) is 8.56. The summed E-state index contributed by atoms with van der Waals surface area (Å²) >= 11 is 6.07. The number of hydrogen-bond donors (Lipinski definition) is 2. The molecule has 3 heterocycles. The van der Waals surface area contributed by atoms with Gasteiger partial charge < -0.3 is 10.2 Å². The molecule has 2 aromatic rings. The molecule has 2 amide bonds. The van der Waals surface area contributed by atoms with Crippen LogP contribution < -0.4 is 15.5 Å². The third kappa shape index (κ3) is 6.31. The number of anilines is 2. The second-order valence-electron chi connectivity index (χ2n) is 8.15. The first-order valence-corrected chi connectivity index (χ1v) is 10.8. The van der Waals surface area contributed by atoms with Crippen molar-refractivity contribution in [2.45, 2.75) is 45.8 Å². The highest BCUT2D eigenvalue weighted by molar-refractivity contribution is 6.33. The Morgan fingerprint density at radius 2 is 1.97 bits per heavy atom. The Bertz CT molecular complexity index is 1050. The van der Waals surface area contributed by atoms with Crippen LogP contribution in [-0.2, 0) is 11.0 Å². The van der Waals surface area contributed by atoms with Crippen LogP contribution in [0.25, 0.3) is 0 Å². The number of nitrogens with one attached hydrogen (secondary N) is 2. The molecule has 8 nitrogen and oxygen atoms in total. The van der Waals surface area contributed by atoms with Crippen LogP contribution in [0.5, 0.6) is 0 Å². The van der Waals surface area contributed by atoms with Crippen LogP contribution in [0.2, 0.25) is 5.02 Å². The Kier molecular flexibility index (Phi) is 7.41. The molecule has 3 rings (SSSR count). The summed E-state index contributed by atoms with van der Waals surface area (Å²) in [6, 6.07) is 2.06. The molecule has 0 radical (unpaired) electrons. The molecule has 1 aliphatic rings. The van der Waals surface area contributed by atoms with E-state index in [4.69, 9.17) is 11.6 Å². The average Bonchev–Trinajstić information content (AvgIpc) is 2.72. The topological polar surface area (TPSA) is 100 Å². The first kappa shape index (κ1) is 24.7. The molecule has 2 N–H and O–H groups in total. The minimum Gasteiger partial charge on any atom is -0.353 e. The SMILES string of the molecule is Cc1cc(C(=O)N[C@@H]2CCCN(c3ncc(C(F)(F)F)cc3Cl)C2)nc(NC(=O)C(C)C)n1. The van der Waals surface area contributed by atoms with Crippen LogP contribution >= 0.6 is 11.6 Å². The van der Waals surface area contributed by atoms with Crippen molar-refractivity contribution in [2.75, 3.05) is 23.3 Å². The fraction of sp³-hybridized carbons (Fsp3) is 0.476. The first-order valence-electron chi connectivity index (χ1n) is 10.4. The summed E-state index contributed by atoms with van der Waals surface area (Å²) < 4.78 is 38.6. The van der Waals surface area contributed by atoms with Crippen LogP contribution in [0.15, 0.2) is 18.3 Å². The monoisotopic (exact) mass is 484 g/mol. The van der Waals surface area contributed by atoms with E-state index in [1.807, 2.05) is 0 Å². The molecule has 12 heteroatoms. The minimum atomic E-state index is -4.53. The molecule has 0 bridgehead atoms. The molecule has 178 valence electrons. The number of pyridine rings is 1. The predicted molar refractivity (Wildman–Crippen MR) is 117 cm³/mol. The smallest absolute Gasteiger partial charge is 0.353 e. The Balaban J connectivity index is 1.70. The molecule has 1 fully saturated rings. The lowest BCUT2D eigenvalue weighted by Gasteiger charge is -2.34. The number of aryl methyl sites for hydroxylation is 1. The van der Waals surface area contributed by atoms with Crippen LogP contribution in [0, 0.1) is 12.8 Å². The molecule has 1 aliphatic heterocycles. The third-order valence-corrected chi connectivity index (χ3v) is 5.33. The summed E-state index contributed by atoms with van der Waals surface area (Å²) in [4.78, 5) is 38.6. The number of carbonyl (C=O) groups is 2. The van der Waals surface area contributed by atoms with Gasteiger partial charge in [0.2, 0.25) is 11.9 Å². The van der Waals surface area contributed by atoms with Crippen molar-refractivity contribution >= 4 is 35.2 Å². The number of piperidine rings is 1. The summed E-state index contributed by atoms with van der Waals surface area (Å²) in [6.45, 7) is 6.01. The zero-order valence-corrected chi connectivity index (χ0v) is 19.1. The number of amides is 2. The van der Waals surface area contributed by atoms with Crippen LogP contribution in [0.3, 0.4) is 0 Å². The molecule has 1 saturated heterocycles. The predicted octanol–water partition coefficient (Wildman–Crippen LogP) is 3.85. The molecule has 0 unspecified atom stereocenters. The standard InChI is InChI=1S/C21H24ClF3N6O2/c1-11(2)18(32)30-20-27-12(3)7-16(29-20)19(33)28-14-5-4-6-31(10-14)17-15(22)8-13(9-26-17)21(23,24)25/h7-9,11,14H,4-6,10H2,1-3H3,(H,28,33)(H,27,29,30,32)/t14-/m1/s1. The highest BCUT2D eigenvalue weighted by Gasteiger charge is 2.32. The van der Waals surface area contributed by atoms with Gasteiger partial charge in [-0.3, -0.25) is 14.9 Å². The lowest BCUT2D eigenvalue weighted by molar-refractivity contribution is -0.137. The van der Waals surface area contributed by atoms with E-state index in [0.717, 1.165) is 12.3 Å². The van der Waals surface area contributed by atoms with E-state index in [-0.39, 0.29) is 40.3 Å². The number of halogens is 4. The van der Waals surface area contributed by atoms with Gasteiger partial charge in [-0.15, -0.1) is 0 Å². The molecule has 2 aromatic heterocycles. The summed E-state index contributed by atoms with van der Waals surface area (Å²) in [6.07, 6.45) is -2.43. The Labute approximate surface area is 194 Å². The fourth-order valence-corrected chi connectivity index (χ4v) is 3.65. The van der Waals surface area contributed by atoms with Gasteiger partial charge in [0.1, 0.15) is 11.5 Å². The minimum absolute atomic E-state index is 0.0462. The van der Waals surface area contributed by atoms with E-state index in [1.54, 1.807) is 25.7 Å².